The van der Waals surface area contributed by atoms with Gasteiger partial charge in [-0.2, -0.15) is 0 Å². The molecule has 37 heavy (non-hydrogen) atoms. The molecule has 4 rings (SSSR count). The number of hydrogen-bond donors (Lipinski definition) is 1. The Kier molecular flexibility index (Phi) is 8.10. The number of carboxylic acids is 1. The van der Waals surface area contributed by atoms with Crippen molar-refractivity contribution in [3.63, 3.8) is 0 Å². The number of rotatable bonds is 9. The van der Waals surface area contributed by atoms with Gasteiger partial charge >= 0.3 is 5.97 Å². The second-order valence-electron chi connectivity index (χ2n) is 10.4. The molecule has 1 aliphatic heterocycles. The Morgan fingerprint density at radius 2 is 1.62 bits per heavy atom. The van der Waals surface area contributed by atoms with Crippen LogP contribution in [0.2, 0.25) is 0 Å². The van der Waals surface area contributed by atoms with E-state index >= 15 is 0 Å². The Labute approximate surface area is 223 Å². The Balaban J connectivity index is 1.66. The van der Waals surface area contributed by atoms with Crippen molar-refractivity contribution in [2.45, 2.75) is 50.7 Å². The number of ether oxygens (including phenoxy) is 1. The monoisotopic (exact) mass is 517 g/mol. The van der Waals surface area contributed by atoms with Crippen LogP contribution in [-0.2, 0) is 11.3 Å². The van der Waals surface area contributed by atoms with Crippen molar-refractivity contribution in [2.24, 2.45) is 5.92 Å². The van der Waals surface area contributed by atoms with E-state index in [9.17, 15) is 14.7 Å². The average Bonchev–Trinajstić information content (AvgIpc) is 3.30. The zero-order chi connectivity index (χ0) is 26.7. The average molecular weight is 518 g/mol. The van der Waals surface area contributed by atoms with Gasteiger partial charge in [0.1, 0.15) is 5.75 Å². The Morgan fingerprint density at radius 3 is 2.19 bits per heavy atom. The highest BCUT2D eigenvalue weighted by atomic mass is 32.2. The number of aryl methyl sites for hydroxylation is 2. The summed E-state index contributed by atoms with van der Waals surface area (Å²) in [5, 5.41) is 9.53. The van der Waals surface area contributed by atoms with Crippen LogP contribution in [0.3, 0.4) is 0 Å². The number of aliphatic carboxylic acids is 1. The Morgan fingerprint density at radius 1 is 1.00 bits per heavy atom. The molecule has 6 heteroatoms. The van der Waals surface area contributed by atoms with Crippen LogP contribution in [0.5, 0.6) is 5.75 Å². The molecule has 1 unspecified atom stereocenters. The standard InChI is InChI=1S/C31H35NO4S/c1-20-15-24(16-21(2)29(20)36-31(3,4)30(34)35)26-18-32(17-22-9-7-6-8-10-22)19-27(26)28(33)23-11-13-25(37-5)14-12-23/h6-16,26-27H,17-19H2,1-5H3,(H,34,35)/t26-,27?/m1/s1. The van der Waals surface area contributed by atoms with Gasteiger partial charge in [0, 0.05) is 41.9 Å². The Bertz CT molecular complexity index is 1250. The summed E-state index contributed by atoms with van der Waals surface area (Å²) in [6, 6.07) is 22.4. The maximum Gasteiger partial charge on any atom is 0.347 e. The molecular formula is C31H35NO4S. The molecule has 3 aromatic rings. The molecule has 1 aliphatic rings. The molecular weight excluding hydrogens is 482 g/mol. The van der Waals surface area contributed by atoms with Crippen molar-refractivity contribution in [3.05, 3.63) is 94.5 Å². The largest absolute Gasteiger partial charge is 0.478 e. The van der Waals surface area contributed by atoms with Crippen molar-refractivity contribution in [2.75, 3.05) is 19.3 Å². The summed E-state index contributed by atoms with van der Waals surface area (Å²) < 4.78 is 5.93. The first kappa shape index (κ1) is 27.0. The van der Waals surface area contributed by atoms with Crippen molar-refractivity contribution in [1.82, 2.24) is 4.90 Å². The van der Waals surface area contributed by atoms with Gasteiger partial charge in [-0.05, 0) is 68.3 Å². The maximum atomic E-state index is 13.8. The van der Waals surface area contributed by atoms with Gasteiger partial charge in [0.2, 0.25) is 0 Å². The first-order chi connectivity index (χ1) is 17.6. The molecule has 1 heterocycles. The van der Waals surface area contributed by atoms with Crippen LogP contribution in [0.25, 0.3) is 0 Å². The maximum absolute atomic E-state index is 13.8. The van der Waals surface area contributed by atoms with Crippen LogP contribution in [0.15, 0.2) is 71.6 Å². The van der Waals surface area contributed by atoms with Crippen molar-refractivity contribution in [3.8, 4) is 5.75 Å². The highest BCUT2D eigenvalue weighted by Crippen LogP contribution is 2.39. The van der Waals surface area contributed by atoms with E-state index in [0.29, 0.717) is 12.3 Å². The molecule has 0 spiro atoms. The molecule has 1 saturated heterocycles. The summed E-state index contributed by atoms with van der Waals surface area (Å²) in [7, 11) is 0. The number of benzene rings is 3. The van der Waals surface area contributed by atoms with Crippen LogP contribution >= 0.6 is 11.8 Å². The number of likely N-dealkylation sites (tertiary alicyclic amines) is 1. The third-order valence-corrected chi connectivity index (χ3v) is 7.88. The second-order valence-corrected chi connectivity index (χ2v) is 11.3. The van der Waals surface area contributed by atoms with E-state index in [1.165, 1.54) is 5.56 Å². The minimum atomic E-state index is -1.34. The second kappa shape index (κ2) is 11.1. The molecule has 0 amide bonds. The fourth-order valence-corrected chi connectivity index (χ4v) is 5.49. The minimum absolute atomic E-state index is 0.0235. The van der Waals surface area contributed by atoms with Crippen molar-refractivity contribution < 1.29 is 19.4 Å². The summed E-state index contributed by atoms with van der Waals surface area (Å²) in [5.41, 5.74) is 3.47. The number of carbonyl (C=O) groups is 2. The van der Waals surface area contributed by atoms with Gasteiger partial charge in [0.05, 0.1) is 0 Å². The number of carbonyl (C=O) groups excluding carboxylic acids is 1. The molecule has 0 saturated carbocycles. The van der Waals surface area contributed by atoms with Crippen molar-refractivity contribution >= 4 is 23.5 Å². The molecule has 0 bridgehead atoms. The van der Waals surface area contributed by atoms with Gasteiger partial charge in [-0.1, -0.05) is 54.6 Å². The fourth-order valence-electron chi connectivity index (χ4n) is 5.09. The third kappa shape index (κ3) is 6.08. The van der Waals surface area contributed by atoms with E-state index in [-0.39, 0.29) is 17.6 Å². The summed E-state index contributed by atoms with van der Waals surface area (Å²) in [6.07, 6.45) is 2.03. The number of nitrogens with zero attached hydrogens (tertiary/aromatic N) is 1. The lowest BCUT2D eigenvalue weighted by Crippen LogP contribution is -2.38. The molecule has 5 nitrogen and oxygen atoms in total. The van der Waals surface area contributed by atoms with Crippen LogP contribution < -0.4 is 4.74 Å². The van der Waals surface area contributed by atoms with E-state index in [0.717, 1.165) is 40.2 Å². The molecule has 1 N–H and O–H groups in total. The number of hydrogen-bond acceptors (Lipinski definition) is 5. The molecule has 0 aliphatic carbocycles. The van der Waals surface area contributed by atoms with Crippen molar-refractivity contribution in [1.29, 1.82) is 0 Å². The van der Waals surface area contributed by atoms with E-state index in [4.69, 9.17) is 4.74 Å². The number of carboxylic acid groups (broad SMARTS) is 1. The lowest BCUT2D eigenvalue weighted by molar-refractivity contribution is -0.152. The van der Waals surface area contributed by atoms with Gasteiger partial charge in [0.15, 0.2) is 11.4 Å². The summed E-state index contributed by atoms with van der Waals surface area (Å²) in [6.45, 7) is 9.24. The Hall–Kier alpha value is -3.09. The van der Waals surface area contributed by atoms with E-state index in [2.05, 4.69) is 29.2 Å². The number of ketones is 1. The summed E-state index contributed by atoms with van der Waals surface area (Å²) in [5.74, 6) is -0.414. The predicted molar refractivity (Wildman–Crippen MR) is 149 cm³/mol. The third-order valence-electron chi connectivity index (χ3n) is 7.14. The number of Topliss-reactive ketones (excluding diaryl/α,β-unsaturated/α-hetero) is 1. The van der Waals surface area contributed by atoms with E-state index < -0.39 is 11.6 Å². The molecule has 0 radical (unpaired) electrons. The zero-order valence-corrected chi connectivity index (χ0v) is 23.0. The number of thioether (sulfide) groups is 1. The minimum Gasteiger partial charge on any atom is -0.478 e. The molecule has 194 valence electrons. The zero-order valence-electron chi connectivity index (χ0n) is 22.2. The van der Waals surface area contributed by atoms with Crippen LogP contribution in [-0.4, -0.2) is 46.7 Å². The molecule has 3 aromatic carbocycles. The SMILES string of the molecule is CSc1ccc(C(=O)C2CN(Cc3ccccc3)C[C@@H]2c2cc(C)c(OC(C)(C)C(=O)O)c(C)c2)cc1. The molecule has 2 atom stereocenters. The lowest BCUT2D eigenvalue weighted by Gasteiger charge is -2.26. The smallest absolute Gasteiger partial charge is 0.347 e. The van der Waals surface area contributed by atoms with Crippen LogP contribution in [0.1, 0.15) is 52.4 Å². The van der Waals surface area contributed by atoms with Gasteiger partial charge in [0.25, 0.3) is 0 Å². The first-order valence-corrected chi connectivity index (χ1v) is 13.8. The van der Waals surface area contributed by atoms with Crippen LogP contribution in [0.4, 0.5) is 0 Å². The van der Waals surface area contributed by atoms with E-state index in [1.54, 1.807) is 25.6 Å². The predicted octanol–water partition coefficient (Wildman–Crippen LogP) is 6.37. The topological polar surface area (TPSA) is 66.8 Å². The van der Waals surface area contributed by atoms with Gasteiger partial charge < -0.3 is 9.84 Å². The highest BCUT2D eigenvalue weighted by molar-refractivity contribution is 7.98. The highest BCUT2D eigenvalue weighted by Gasteiger charge is 2.39. The lowest BCUT2D eigenvalue weighted by atomic mass is 9.82. The first-order valence-electron chi connectivity index (χ1n) is 12.6. The molecule has 0 aromatic heterocycles. The normalized spacial score (nSPS) is 18.1. The van der Waals surface area contributed by atoms with Gasteiger partial charge in [-0.3, -0.25) is 9.69 Å². The fraction of sp³-hybridized carbons (Fsp3) is 0.355. The summed E-state index contributed by atoms with van der Waals surface area (Å²) in [4.78, 5) is 28.9. The summed E-state index contributed by atoms with van der Waals surface area (Å²) >= 11 is 1.66. The van der Waals surface area contributed by atoms with Gasteiger partial charge in [-0.25, -0.2) is 4.79 Å². The van der Waals surface area contributed by atoms with E-state index in [1.807, 2.05) is 62.6 Å². The molecule has 1 fully saturated rings. The van der Waals surface area contributed by atoms with Gasteiger partial charge in [-0.15, -0.1) is 11.8 Å². The quantitative estimate of drug-likeness (QED) is 0.263. The van der Waals surface area contributed by atoms with Crippen LogP contribution in [0, 0.1) is 19.8 Å².